The van der Waals surface area contributed by atoms with E-state index in [0.717, 1.165) is 17.7 Å². The normalized spacial score (nSPS) is 10.0. The Morgan fingerprint density at radius 1 is 1.64 bits per heavy atom. The van der Waals surface area contributed by atoms with Gasteiger partial charge in [0.05, 0.1) is 5.56 Å². The second-order valence-corrected chi connectivity index (χ2v) is 3.12. The third-order valence-electron chi connectivity index (χ3n) is 1.50. The maximum Gasteiger partial charge on any atom is 0.101 e. The van der Waals surface area contributed by atoms with Crippen molar-refractivity contribution in [2.24, 2.45) is 5.92 Å². The van der Waals surface area contributed by atoms with Gasteiger partial charge < -0.3 is 4.98 Å². The molecule has 0 aliphatic rings. The summed E-state index contributed by atoms with van der Waals surface area (Å²) in [5.41, 5.74) is 1.87. The fourth-order valence-electron chi connectivity index (χ4n) is 1.06. The third kappa shape index (κ3) is 2.12. The van der Waals surface area contributed by atoms with Gasteiger partial charge >= 0.3 is 0 Å². The molecule has 1 N–H and O–H groups in total. The van der Waals surface area contributed by atoms with Crippen LogP contribution in [0.5, 0.6) is 0 Å². The van der Waals surface area contributed by atoms with E-state index in [1.165, 1.54) is 0 Å². The minimum atomic E-state index is 0.639. The number of H-pyrrole nitrogens is 1. The predicted octanol–water partition coefficient (Wildman–Crippen LogP) is 2.08. The van der Waals surface area contributed by atoms with E-state index in [1.807, 2.05) is 6.07 Å². The van der Waals surface area contributed by atoms with Crippen LogP contribution in [0.2, 0.25) is 0 Å². The van der Waals surface area contributed by atoms with Gasteiger partial charge in [0.2, 0.25) is 0 Å². The minimum Gasteiger partial charge on any atom is -0.364 e. The molecule has 0 aliphatic heterocycles. The van der Waals surface area contributed by atoms with Crippen LogP contribution >= 0.6 is 0 Å². The Labute approximate surface area is 66.9 Å². The predicted molar refractivity (Wildman–Crippen MR) is 44.0 cm³/mol. The molecular weight excluding hydrogens is 136 g/mol. The summed E-state index contributed by atoms with van der Waals surface area (Å²) in [5.74, 6) is 0.639. The first-order chi connectivity index (χ1) is 5.22. The zero-order chi connectivity index (χ0) is 8.27. The molecule has 1 rings (SSSR count). The zero-order valence-electron chi connectivity index (χ0n) is 6.89. The fourth-order valence-corrected chi connectivity index (χ4v) is 1.06. The molecule has 58 valence electrons. The third-order valence-corrected chi connectivity index (χ3v) is 1.50. The molecule has 0 saturated carbocycles. The summed E-state index contributed by atoms with van der Waals surface area (Å²) in [5, 5.41) is 8.52. The molecule has 0 radical (unpaired) electrons. The van der Waals surface area contributed by atoms with E-state index in [1.54, 1.807) is 6.20 Å². The van der Waals surface area contributed by atoms with Crippen LogP contribution in [-0.2, 0) is 6.42 Å². The van der Waals surface area contributed by atoms with E-state index < -0.39 is 0 Å². The lowest BCUT2D eigenvalue weighted by molar-refractivity contribution is 0.638. The van der Waals surface area contributed by atoms with Gasteiger partial charge in [-0.2, -0.15) is 5.26 Å². The highest BCUT2D eigenvalue weighted by Crippen LogP contribution is 2.07. The summed E-state index contributed by atoms with van der Waals surface area (Å²) in [6, 6.07) is 3.99. The number of aromatic amines is 1. The molecule has 1 aromatic rings. The summed E-state index contributed by atoms with van der Waals surface area (Å²) in [6.45, 7) is 4.32. The van der Waals surface area contributed by atoms with E-state index >= 15 is 0 Å². The van der Waals surface area contributed by atoms with Crippen molar-refractivity contribution < 1.29 is 0 Å². The second-order valence-electron chi connectivity index (χ2n) is 3.12. The van der Waals surface area contributed by atoms with Crippen molar-refractivity contribution in [2.45, 2.75) is 20.3 Å². The quantitative estimate of drug-likeness (QED) is 0.685. The number of hydrogen-bond acceptors (Lipinski definition) is 1. The van der Waals surface area contributed by atoms with E-state index in [4.69, 9.17) is 5.26 Å². The van der Waals surface area contributed by atoms with Gasteiger partial charge in [-0.05, 0) is 18.4 Å². The number of nitrogens with one attached hydrogen (secondary N) is 1. The molecule has 1 aromatic heterocycles. The Kier molecular flexibility index (Phi) is 2.32. The number of hydrogen-bond donors (Lipinski definition) is 1. The lowest BCUT2D eigenvalue weighted by atomic mass is 10.1. The molecular formula is C9H12N2. The molecule has 0 amide bonds. The van der Waals surface area contributed by atoms with Gasteiger partial charge in [0, 0.05) is 11.9 Å². The number of aromatic nitrogens is 1. The fraction of sp³-hybridized carbons (Fsp3) is 0.444. The Morgan fingerprint density at radius 2 is 2.36 bits per heavy atom. The molecule has 2 nitrogen and oxygen atoms in total. The Hall–Kier alpha value is -1.23. The van der Waals surface area contributed by atoms with Crippen molar-refractivity contribution in [1.82, 2.24) is 4.98 Å². The van der Waals surface area contributed by atoms with E-state index in [2.05, 4.69) is 24.9 Å². The van der Waals surface area contributed by atoms with Crippen LogP contribution in [0.1, 0.15) is 25.1 Å². The Bertz CT molecular complexity index is 265. The van der Waals surface area contributed by atoms with Gasteiger partial charge in [0.25, 0.3) is 0 Å². The van der Waals surface area contributed by atoms with Crippen LogP contribution in [0.15, 0.2) is 12.3 Å². The van der Waals surface area contributed by atoms with Crippen LogP contribution in [0.4, 0.5) is 0 Å². The van der Waals surface area contributed by atoms with Crippen molar-refractivity contribution in [2.75, 3.05) is 0 Å². The first-order valence-electron chi connectivity index (χ1n) is 3.79. The van der Waals surface area contributed by atoms with Crippen LogP contribution in [-0.4, -0.2) is 4.98 Å². The van der Waals surface area contributed by atoms with Gasteiger partial charge in [-0.25, -0.2) is 0 Å². The molecule has 0 atom stereocenters. The molecule has 0 saturated heterocycles. The van der Waals surface area contributed by atoms with Gasteiger partial charge in [-0.3, -0.25) is 0 Å². The largest absolute Gasteiger partial charge is 0.364 e. The summed E-state index contributed by atoms with van der Waals surface area (Å²) in [4.78, 5) is 3.07. The molecule has 0 unspecified atom stereocenters. The van der Waals surface area contributed by atoms with Gasteiger partial charge in [0.15, 0.2) is 0 Å². The van der Waals surface area contributed by atoms with Crippen LogP contribution in [0.25, 0.3) is 0 Å². The number of nitriles is 1. The van der Waals surface area contributed by atoms with E-state index in [9.17, 15) is 0 Å². The van der Waals surface area contributed by atoms with E-state index in [-0.39, 0.29) is 0 Å². The Morgan fingerprint density at radius 3 is 2.82 bits per heavy atom. The molecule has 2 heteroatoms. The maximum absolute atomic E-state index is 8.52. The van der Waals surface area contributed by atoms with E-state index in [0.29, 0.717) is 5.92 Å². The lowest BCUT2D eigenvalue weighted by Crippen LogP contribution is -1.92. The highest BCUT2D eigenvalue weighted by molar-refractivity contribution is 5.28. The summed E-state index contributed by atoms with van der Waals surface area (Å²) >= 11 is 0. The molecule has 0 bridgehead atoms. The molecule has 0 spiro atoms. The number of rotatable bonds is 2. The summed E-state index contributed by atoms with van der Waals surface area (Å²) in [7, 11) is 0. The van der Waals surface area contributed by atoms with Gasteiger partial charge in [-0.15, -0.1) is 0 Å². The number of nitrogens with zero attached hydrogens (tertiary/aromatic N) is 1. The van der Waals surface area contributed by atoms with Crippen molar-refractivity contribution in [3.8, 4) is 6.07 Å². The average molecular weight is 148 g/mol. The first-order valence-corrected chi connectivity index (χ1v) is 3.79. The van der Waals surface area contributed by atoms with Gasteiger partial charge in [0.1, 0.15) is 6.07 Å². The monoisotopic (exact) mass is 148 g/mol. The SMILES string of the molecule is CC(C)Cc1cc(C#N)c[nH]1. The van der Waals surface area contributed by atoms with Crippen molar-refractivity contribution >= 4 is 0 Å². The topological polar surface area (TPSA) is 39.6 Å². The standard InChI is InChI=1S/C9H12N2/c1-7(2)3-9-4-8(5-10)6-11-9/h4,6-7,11H,3H2,1-2H3. The summed E-state index contributed by atoms with van der Waals surface area (Å²) in [6.07, 6.45) is 2.76. The summed E-state index contributed by atoms with van der Waals surface area (Å²) < 4.78 is 0. The Balaban J connectivity index is 2.67. The molecule has 0 aromatic carbocycles. The maximum atomic E-state index is 8.52. The lowest BCUT2D eigenvalue weighted by Gasteiger charge is -1.99. The van der Waals surface area contributed by atoms with Crippen molar-refractivity contribution in [3.63, 3.8) is 0 Å². The van der Waals surface area contributed by atoms with Gasteiger partial charge in [-0.1, -0.05) is 13.8 Å². The highest BCUT2D eigenvalue weighted by atomic mass is 14.7. The average Bonchev–Trinajstić information content (AvgIpc) is 2.34. The molecule has 0 fully saturated rings. The van der Waals surface area contributed by atoms with Crippen LogP contribution < -0.4 is 0 Å². The highest BCUT2D eigenvalue weighted by Gasteiger charge is 1.99. The molecule has 0 aliphatic carbocycles. The molecule has 11 heavy (non-hydrogen) atoms. The molecule has 1 heterocycles. The van der Waals surface area contributed by atoms with Crippen molar-refractivity contribution in [3.05, 3.63) is 23.5 Å². The smallest absolute Gasteiger partial charge is 0.101 e. The van der Waals surface area contributed by atoms with Crippen molar-refractivity contribution in [1.29, 1.82) is 5.26 Å². The van der Waals surface area contributed by atoms with Crippen LogP contribution in [0.3, 0.4) is 0 Å². The first kappa shape index (κ1) is 7.87. The second kappa shape index (κ2) is 3.25. The minimum absolute atomic E-state index is 0.639. The zero-order valence-corrected chi connectivity index (χ0v) is 6.89. The van der Waals surface area contributed by atoms with Crippen LogP contribution in [0, 0.1) is 17.2 Å².